The molecule has 0 atom stereocenters. The van der Waals surface area contributed by atoms with Crippen LogP contribution in [0.15, 0.2) is 53.0 Å². The molecule has 0 radical (unpaired) electrons. The highest BCUT2D eigenvalue weighted by atomic mass is 35.5. The van der Waals surface area contributed by atoms with Gasteiger partial charge in [0.25, 0.3) is 0 Å². The lowest BCUT2D eigenvalue weighted by Gasteiger charge is -2.08. The van der Waals surface area contributed by atoms with E-state index in [4.69, 9.17) is 39.5 Å². The van der Waals surface area contributed by atoms with Crippen LogP contribution in [-0.2, 0) is 6.61 Å². The van der Waals surface area contributed by atoms with Gasteiger partial charge in [-0.2, -0.15) is 0 Å². The predicted octanol–water partition coefficient (Wildman–Crippen LogP) is 5.70. The Bertz CT molecular complexity index is 575. The van der Waals surface area contributed by atoms with Crippen LogP contribution in [0, 0.1) is 0 Å². The van der Waals surface area contributed by atoms with Crippen LogP contribution in [0.5, 0.6) is 5.75 Å². The maximum atomic E-state index is 6.14. The van der Waals surface area contributed by atoms with E-state index in [0.717, 1.165) is 11.1 Å². The lowest BCUT2D eigenvalue weighted by Crippen LogP contribution is -1.95. The maximum Gasteiger partial charge on any atom is 0.138 e. The van der Waals surface area contributed by atoms with Gasteiger partial charge in [0.05, 0.1) is 5.02 Å². The van der Waals surface area contributed by atoms with Crippen LogP contribution in [0.1, 0.15) is 11.1 Å². The van der Waals surface area contributed by atoms with E-state index in [0.29, 0.717) is 17.4 Å². The van der Waals surface area contributed by atoms with Crippen molar-refractivity contribution in [2.24, 2.45) is 0 Å². The average molecular weight is 314 g/mol. The standard InChI is InChI=1S/C15H11Cl3O/c16-13-8-12(9-15(17)18)6-7-14(13)19-10-11-4-2-1-3-5-11/h1-9H,10H2. The van der Waals surface area contributed by atoms with Crippen molar-refractivity contribution in [3.05, 3.63) is 69.2 Å². The molecule has 0 N–H and O–H groups in total. The van der Waals surface area contributed by atoms with Gasteiger partial charge in [0.2, 0.25) is 0 Å². The summed E-state index contributed by atoms with van der Waals surface area (Å²) in [6, 6.07) is 15.3. The van der Waals surface area contributed by atoms with Crippen LogP contribution >= 0.6 is 34.8 Å². The summed E-state index contributed by atoms with van der Waals surface area (Å²) in [7, 11) is 0. The summed E-state index contributed by atoms with van der Waals surface area (Å²) in [6.07, 6.45) is 1.62. The van der Waals surface area contributed by atoms with E-state index >= 15 is 0 Å². The summed E-state index contributed by atoms with van der Waals surface area (Å²) in [5.41, 5.74) is 1.92. The fraction of sp³-hybridized carbons (Fsp3) is 0.0667. The summed E-state index contributed by atoms with van der Waals surface area (Å²) in [5, 5.41) is 0.527. The molecule has 2 aromatic carbocycles. The van der Waals surface area contributed by atoms with Gasteiger partial charge in [-0.15, -0.1) is 0 Å². The lowest BCUT2D eigenvalue weighted by molar-refractivity contribution is 0.306. The fourth-order valence-corrected chi connectivity index (χ4v) is 2.08. The van der Waals surface area contributed by atoms with E-state index in [1.165, 1.54) is 0 Å². The third-order valence-corrected chi connectivity index (χ3v) is 2.98. The molecule has 98 valence electrons. The predicted molar refractivity (Wildman–Crippen MR) is 81.9 cm³/mol. The summed E-state index contributed by atoms with van der Waals surface area (Å²) in [4.78, 5) is 0. The first-order valence-electron chi connectivity index (χ1n) is 5.64. The van der Waals surface area contributed by atoms with Crippen LogP contribution in [0.4, 0.5) is 0 Å². The molecular formula is C15H11Cl3O. The molecule has 0 aliphatic carbocycles. The zero-order chi connectivity index (χ0) is 13.7. The number of benzene rings is 2. The molecule has 19 heavy (non-hydrogen) atoms. The number of ether oxygens (including phenoxy) is 1. The molecule has 0 aliphatic rings. The van der Waals surface area contributed by atoms with Crippen LogP contribution in [-0.4, -0.2) is 0 Å². The number of rotatable bonds is 4. The fourth-order valence-electron chi connectivity index (χ4n) is 1.59. The largest absolute Gasteiger partial charge is 0.487 e. The number of halogens is 3. The van der Waals surface area contributed by atoms with Gasteiger partial charge >= 0.3 is 0 Å². The van der Waals surface area contributed by atoms with Gasteiger partial charge in [-0.3, -0.25) is 0 Å². The van der Waals surface area contributed by atoms with Gasteiger partial charge in [-0.05, 0) is 29.3 Å². The van der Waals surface area contributed by atoms with Crippen molar-refractivity contribution in [3.63, 3.8) is 0 Å². The molecule has 0 saturated heterocycles. The second-order valence-corrected chi connectivity index (χ2v) is 5.31. The molecule has 0 heterocycles. The highest BCUT2D eigenvalue weighted by Crippen LogP contribution is 2.27. The van der Waals surface area contributed by atoms with Crippen molar-refractivity contribution in [3.8, 4) is 5.75 Å². The van der Waals surface area contributed by atoms with Crippen molar-refractivity contribution >= 4 is 40.9 Å². The average Bonchev–Trinajstić information content (AvgIpc) is 2.38. The molecular weight excluding hydrogens is 303 g/mol. The molecule has 0 unspecified atom stereocenters. The summed E-state index contributed by atoms with van der Waals surface area (Å²) in [6.45, 7) is 0.478. The number of hydrogen-bond donors (Lipinski definition) is 0. The summed E-state index contributed by atoms with van der Waals surface area (Å²) in [5.74, 6) is 0.633. The Hall–Kier alpha value is -1.15. The second-order valence-electron chi connectivity index (χ2n) is 3.90. The van der Waals surface area contributed by atoms with Crippen molar-refractivity contribution in [1.82, 2.24) is 0 Å². The zero-order valence-electron chi connectivity index (χ0n) is 9.95. The summed E-state index contributed by atoms with van der Waals surface area (Å²) < 4.78 is 5.85. The molecule has 0 bridgehead atoms. The minimum absolute atomic E-state index is 0.189. The second kappa shape index (κ2) is 6.85. The van der Waals surface area contributed by atoms with Crippen LogP contribution in [0.2, 0.25) is 5.02 Å². The molecule has 0 saturated carbocycles. The molecule has 2 aromatic rings. The van der Waals surface area contributed by atoms with E-state index in [1.807, 2.05) is 36.4 Å². The SMILES string of the molecule is ClC(Cl)=Cc1ccc(OCc2ccccc2)c(Cl)c1. The molecule has 0 fully saturated rings. The maximum absolute atomic E-state index is 6.14. The Balaban J connectivity index is 2.07. The monoisotopic (exact) mass is 312 g/mol. The molecule has 0 amide bonds. The van der Waals surface area contributed by atoms with Crippen molar-refractivity contribution in [1.29, 1.82) is 0 Å². The van der Waals surface area contributed by atoms with E-state index < -0.39 is 0 Å². The first kappa shape index (κ1) is 14.3. The first-order chi connectivity index (χ1) is 9.15. The van der Waals surface area contributed by atoms with Gasteiger partial charge in [0, 0.05) is 0 Å². The molecule has 4 heteroatoms. The highest BCUT2D eigenvalue weighted by molar-refractivity contribution is 6.57. The zero-order valence-corrected chi connectivity index (χ0v) is 12.2. The molecule has 0 spiro atoms. The van der Waals surface area contributed by atoms with Gasteiger partial charge in [-0.25, -0.2) is 0 Å². The smallest absolute Gasteiger partial charge is 0.138 e. The normalized spacial score (nSPS) is 10.1. The lowest BCUT2D eigenvalue weighted by atomic mass is 10.2. The Kier molecular flexibility index (Phi) is 5.15. The molecule has 1 nitrogen and oxygen atoms in total. The topological polar surface area (TPSA) is 9.23 Å². The highest BCUT2D eigenvalue weighted by Gasteiger charge is 2.03. The molecule has 2 rings (SSSR count). The summed E-state index contributed by atoms with van der Waals surface area (Å²) >= 11 is 17.3. The molecule has 0 aliphatic heterocycles. The Labute approximate surface area is 127 Å². The van der Waals surface area contributed by atoms with E-state index in [9.17, 15) is 0 Å². The van der Waals surface area contributed by atoms with E-state index in [-0.39, 0.29) is 4.49 Å². The molecule has 0 aromatic heterocycles. The third kappa shape index (κ3) is 4.46. The number of hydrogen-bond acceptors (Lipinski definition) is 1. The van der Waals surface area contributed by atoms with Crippen LogP contribution in [0.3, 0.4) is 0 Å². The van der Waals surface area contributed by atoms with Crippen LogP contribution in [0.25, 0.3) is 6.08 Å². The minimum atomic E-state index is 0.189. The quantitative estimate of drug-likeness (QED) is 0.704. The van der Waals surface area contributed by atoms with Crippen molar-refractivity contribution in [2.45, 2.75) is 6.61 Å². The van der Waals surface area contributed by atoms with Gasteiger partial charge in [-0.1, -0.05) is 71.2 Å². The Morgan fingerprint density at radius 2 is 1.79 bits per heavy atom. The minimum Gasteiger partial charge on any atom is -0.487 e. The van der Waals surface area contributed by atoms with Crippen molar-refractivity contribution in [2.75, 3.05) is 0 Å². The van der Waals surface area contributed by atoms with Crippen molar-refractivity contribution < 1.29 is 4.74 Å². The first-order valence-corrected chi connectivity index (χ1v) is 6.77. The van der Waals surface area contributed by atoms with Gasteiger partial charge < -0.3 is 4.74 Å². The van der Waals surface area contributed by atoms with Gasteiger partial charge in [0.15, 0.2) is 0 Å². The van der Waals surface area contributed by atoms with Gasteiger partial charge in [0.1, 0.15) is 16.8 Å². The third-order valence-electron chi connectivity index (χ3n) is 2.47. The Morgan fingerprint density at radius 3 is 2.42 bits per heavy atom. The van der Waals surface area contributed by atoms with Crippen LogP contribution < -0.4 is 4.74 Å². The van der Waals surface area contributed by atoms with E-state index in [1.54, 1.807) is 18.2 Å². The Morgan fingerprint density at radius 1 is 1.05 bits per heavy atom. The van der Waals surface area contributed by atoms with E-state index in [2.05, 4.69) is 0 Å².